The van der Waals surface area contributed by atoms with Gasteiger partial charge in [0, 0.05) is 42.3 Å². The van der Waals surface area contributed by atoms with E-state index < -0.39 is 6.10 Å². The predicted molar refractivity (Wildman–Crippen MR) is 98.6 cm³/mol. The summed E-state index contributed by atoms with van der Waals surface area (Å²) in [5.74, 6) is 1.39. The zero-order valence-electron chi connectivity index (χ0n) is 14.4. The molecule has 0 amide bonds. The molecule has 136 valence electrons. The topological polar surface area (TPSA) is 96.5 Å². The van der Waals surface area contributed by atoms with Crippen LogP contribution in [0.25, 0.3) is 10.9 Å². The zero-order valence-corrected chi connectivity index (χ0v) is 14.4. The van der Waals surface area contributed by atoms with Crippen molar-refractivity contribution in [3.63, 3.8) is 0 Å². The van der Waals surface area contributed by atoms with Gasteiger partial charge in [-0.3, -0.25) is 9.78 Å². The van der Waals surface area contributed by atoms with E-state index in [0.29, 0.717) is 18.8 Å². The lowest BCUT2D eigenvalue weighted by molar-refractivity contribution is 0.106. The summed E-state index contributed by atoms with van der Waals surface area (Å²) in [5, 5.41) is 14.1. The highest BCUT2D eigenvalue weighted by Crippen LogP contribution is 2.18. The molecule has 2 aromatic heterocycles. The minimum atomic E-state index is -0.660. The van der Waals surface area contributed by atoms with Gasteiger partial charge in [0.15, 0.2) is 0 Å². The van der Waals surface area contributed by atoms with Crippen molar-refractivity contribution in [1.29, 1.82) is 0 Å². The van der Waals surface area contributed by atoms with Crippen molar-refractivity contribution in [2.75, 3.05) is 20.3 Å². The van der Waals surface area contributed by atoms with Crippen LogP contribution >= 0.6 is 0 Å². The molecule has 0 aliphatic rings. The molecule has 0 saturated carbocycles. The maximum Gasteiger partial charge on any atom is 0.248 e. The molecule has 3 aromatic rings. The minimum Gasteiger partial charge on any atom is -0.497 e. The van der Waals surface area contributed by atoms with Crippen molar-refractivity contribution in [2.24, 2.45) is 0 Å². The molecule has 0 aliphatic heterocycles. The Morgan fingerprint density at radius 3 is 2.92 bits per heavy atom. The molecule has 3 N–H and O–H groups in total. The second-order valence-electron chi connectivity index (χ2n) is 5.85. The minimum absolute atomic E-state index is 0.141. The first-order valence-electron chi connectivity index (χ1n) is 8.27. The zero-order chi connectivity index (χ0) is 18.4. The van der Waals surface area contributed by atoms with Crippen LogP contribution in [0.4, 0.5) is 0 Å². The fraction of sp³-hybridized carbons (Fsp3) is 0.263. The number of H-pyrrole nitrogens is 1. The van der Waals surface area contributed by atoms with Crippen molar-refractivity contribution in [3.05, 3.63) is 64.7 Å². The number of ether oxygens (including phenoxy) is 2. The third kappa shape index (κ3) is 4.81. The summed E-state index contributed by atoms with van der Waals surface area (Å²) in [6.07, 6.45) is 1.02. The van der Waals surface area contributed by atoms with Crippen LogP contribution in [0, 0.1) is 0 Å². The Hall–Kier alpha value is -2.90. The Morgan fingerprint density at radius 2 is 2.08 bits per heavy atom. The van der Waals surface area contributed by atoms with Crippen LogP contribution in [0.1, 0.15) is 5.69 Å². The number of aliphatic hydroxyl groups excluding tert-OH is 1. The summed E-state index contributed by atoms with van der Waals surface area (Å²) >= 11 is 0. The number of hydrogen-bond acceptors (Lipinski definition) is 6. The highest BCUT2D eigenvalue weighted by Gasteiger charge is 2.06. The molecule has 1 atom stereocenters. The van der Waals surface area contributed by atoms with E-state index in [9.17, 15) is 9.90 Å². The lowest BCUT2D eigenvalue weighted by Crippen LogP contribution is -2.31. The maximum absolute atomic E-state index is 11.3. The van der Waals surface area contributed by atoms with Gasteiger partial charge in [-0.15, -0.1) is 0 Å². The molecule has 0 aliphatic carbocycles. The van der Waals surface area contributed by atoms with Gasteiger partial charge in [0.2, 0.25) is 5.56 Å². The van der Waals surface area contributed by atoms with Gasteiger partial charge in [-0.25, -0.2) is 0 Å². The summed E-state index contributed by atoms with van der Waals surface area (Å²) < 4.78 is 10.8. The summed E-state index contributed by atoms with van der Waals surface area (Å²) in [4.78, 5) is 18.3. The normalized spacial score (nSPS) is 12.1. The van der Waals surface area contributed by atoms with Crippen LogP contribution in [-0.4, -0.2) is 41.4 Å². The third-order valence-electron chi connectivity index (χ3n) is 3.85. The number of methoxy groups -OCH3 is 1. The van der Waals surface area contributed by atoms with E-state index in [4.69, 9.17) is 9.47 Å². The van der Waals surface area contributed by atoms with Crippen LogP contribution in [0.15, 0.2) is 53.5 Å². The molecule has 1 aromatic carbocycles. The van der Waals surface area contributed by atoms with E-state index in [1.165, 1.54) is 6.07 Å². The van der Waals surface area contributed by atoms with Crippen LogP contribution in [0.2, 0.25) is 0 Å². The summed E-state index contributed by atoms with van der Waals surface area (Å²) in [6, 6.07) is 12.2. The number of benzene rings is 1. The number of nitrogens with one attached hydrogen (secondary N) is 2. The average molecular weight is 355 g/mol. The molecular formula is C19H21N3O4. The molecule has 0 fully saturated rings. The number of aromatic amines is 1. The van der Waals surface area contributed by atoms with Gasteiger partial charge in [0.05, 0.1) is 12.8 Å². The third-order valence-corrected chi connectivity index (χ3v) is 3.85. The van der Waals surface area contributed by atoms with Gasteiger partial charge in [0.1, 0.15) is 24.2 Å². The first-order chi connectivity index (χ1) is 12.6. The second kappa shape index (κ2) is 8.46. The van der Waals surface area contributed by atoms with Crippen molar-refractivity contribution in [3.8, 4) is 11.5 Å². The number of fused-ring (bicyclic) bond motifs is 1. The van der Waals surface area contributed by atoms with Gasteiger partial charge in [-0.2, -0.15) is 0 Å². The van der Waals surface area contributed by atoms with Crippen molar-refractivity contribution < 1.29 is 14.6 Å². The standard InChI is InChI=1S/C19H21N3O4/c1-25-16-6-7-21-14(9-16)10-20-11-15(23)12-26-17-3-4-18-13(8-17)2-5-19(24)22-18/h2-9,15,20,23H,10-12H2,1H3,(H,22,24). The van der Waals surface area contributed by atoms with Crippen LogP contribution in [-0.2, 0) is 6.54 Å². The average Bonchev–Trinajstić information content (AvgIpc) is 2.66. The van der Waals surface area contributed by atoms with Gasteiger partial charge >= 0.3 is 0 Å². The van der Waals surface area contributed by atoms with Crippen LogP contribution < -0.4 is 20.3 Å². The largest absolute Gasteiger partial charge is 0.497 e. The van der Waals surface area contributed by atoms with Crippen LogP contribution in [0.5, 0.6) is 11.5 Å². The second-order valence-corrected chi connectivity index (χ2v) is 5.85. The molecule has 0 radical (unpaired) electrons. The number of aliphatic hydroxyl groups is 1. The highest BCUT2D eigenvalue weighted by atomic mass is 16.5. The van der Waals surface area contributed by atoms with E-state index in [1.54, 1.807) is 37.6 Å². The number of aromatic nitrogens is 2. The number of pyridine rings is 2. The van der Waals surface area contributed by atoms with E-state index in [0.717, 1.165) is 22.3 Å². The van der Waals surface area contributed by atoms with E-state index in [1.807, 2.05) is 12.1 Å². The Labute approximate surface area is 150 Å². The van der Waals surface area contributed by atoms with Gasteiger partial charge in [-0.1, -0.05) is 0 Å². The summed E-state index contributed by atoms with van der Waals surface area (Å²) in [6.45, 7) is 1.06. The van der Waals surface area contributed by atoms with E-state index in [-0.39, 0.29) is 12.2 Å². The monoisotopic (exact) mass is 355 g/mol. The van der Waals surface area contributed by atoms with Gasteiger partial charge in [0.25, 0.3) is 0 Å². The predicted octanol–water partition coefficient (Wildman–Crippen LogP) is 1.46. The Morgan fingerprint density at radius 1 is 1.19 bits per heavy atom. The molecule has 26 heavy (non-hydrogen) atoms. The smallest absolute Gasteiger partial charge is 0.248 e. The molecule has 3 rings (SSSR count). The van der Waals surface area contributed by atoms with Gasteiger partial charge in [-0.05, 0) is 30.3 Å². The molecule has 0 bridgehead atoms. The number of nitrogens with zero attached hydrogens (tertiary/aromatic N) is 1. The molecule has 0 spiro atoms. The SMILES string of the molecule is COc1ccnc(CNCC(O)COc2ccc3[nH]c(=O)ccc3c2)c1. The number of rotatable bonds is 8. The molecule has 1 unspecified atom stereocenters. The maximum atomic E-state index is 11.3. The Bertz CT molecular complexity index is 926. The molecule has 7 nitrogen and oxygen atoms in total. The first kappa shape index (κ1) is 17.9. The fourth-order valence-electron chi connectivity index (χ4n) is 2.52. The van der Waals surface area contributed by atoms with Crippen molar-refractivity contribution >= 4 is 10.9 Å². The lowest BCUT2D eigenvalue weighted by Gasteiger charge is -2.13. The molecular weight excluding hydrogens is 334 g/mol. The molecule has 2 heterocycles. The van der Waals surface area contributed by atoms with Crippen LogP contribution in [0.3, 0.4) is 0 Å². The highest BCUT2D eigenvalue weighted by molar-refractivity contribution is 5.79. The van der Waals surface area contributed by atoms with Crippen molar-refractivity contribution in [1.82, 2.24) is 15.3 Å². The quantitative estimate of drug-likeness (QED) is 0.566. The fourth-order valence-corrected chi connectivity index (χ4v) is 2.52. The van der Waals surface area contributed by atoms with E-state index >= 15 is 0 Å². The lowest BCUT2D eigenvalue weighted by atomic mass is 10.2. The van der Waals surface area contributed by atoms with Crippen molar-refractivity contribution in [2.45, 2.75) is 12.6 Å². The summed E-state index contributed by atoms with van der Waals surface area (Å²) in [7, 11) is 1.61. The van der Waals surface area contributed by atoms with E-state index in [2.05, 4.69) is 15.3 Å². The molecule has 7 heteroatoms. The Kier molecular flexibility index (Phi) is 5.83. The Balaban J connectivity index is 1.47. The summed E-state index contributed by atoms with van der Waals surface area (Å²) in [5.41, 5.74) is 1.44. The molecule has 0 saturated heterocycles. The van der Waals surface area contributed by atoms with Gasteiger partial charge < -0.3 is 24.9 Å². The number of hydrogen-bond donors (Lipinski definition) is 3. The first-order valence-corrected chi connectivity index (χ1v) is 8.27.